The van der Waals surface area contributed by atoms with Crippen LogP contribution < -0.4 is 15.4 Å². The smallest absolute Gasteiger partial charge is 0.120 e. The van der Waals surface area contributed by atoms with E-state index in [-0.39, 0.29) is 0 Å². The van der Waals surface area contributed by atoms with Crippen molar-refractivity contribution in [2.75, 3.05) is 26.7 Å². The molecule has 1 saturated heterocycles. The van der Waals surface area contributed by atoms with Crippen LogP contribution in [-0.4, -0.2) is 32.3 Å². The highest BCUT2D eigenvalue weighted by molar-refractivity contribution is 6.30. The second kappa shape index (κ2) is 5.31. The highest BCUT2D eigenvalue weighted by atomic mass is 35.5. The molecular formula is C15H21ClN2O. The van der Waals surface area contributed by atoms with Crippen molar-refractivity contribution < 1.29 is 4.74 Å². The first-order valence-electron chi connectivity index (χ1n) is 7.01. The van der Waals surface area contributed by atoms with Gasteiger partial charge in [-0.1, -0.05) is 11.6 Å². The van der Waals surface area contributed by atoms with E-state index in [1.165, 1.54) is 31.5 Å². The Kier molecular flexibility index (Phi) is 3.70. The van der Waals surface area contributed by atoms with E-state index in [1.807, 2.05) is 12.1 Å². The van der Waals surface area contributed by atoms with Crippen molar-refractivity contribution in [2.45, 2.75) is 24.8 Å². The Hall–Kier alpha value is -0.770. The number of nitrogens with one attached hydrogen (secondary N) is 2. The summed E-state index contributed by atoms with van der Waals surface area (Å²) in [6.07, 6.45) is 3.66. The second-order valence-electron chi connectivity index (χ2n) is 5.69. The van der Waals surface area contributed by atoms with Gasteiger partial charge >= 0.3 is 0 Å². The van der Waals surface area contributed by atoms with Crippen LogP contribution in [0.25, 0.3) is 0 Å². The van der Waals surface area contributed by atoms with Crippen LogP contribution in [-0.2, 0) is 6.42 Å². The number of halogens is 1. The van der Waals surface area contributed by atoms with Gasteiger partial charge in [-0.15, -0.1) is 0 Å². The summed E-state index contributed by atoms with van der Waals surface area (Å²) in [5.41, 5.74) is 1.67. The molecule has 0 radical (unpaired) electrons. The Morgan fingerprint density at radius 3 is 2.74 bits per heavy atom. The molecule has 2 fully saturated rings. The molecule has 2 aliphatic rings. The lowest BCUT2D eigenvalue weighted by atomic mass is 9.91. The molecule has 1 aliphatic heterocycles. The van der Waals surface area contributed by atoms with Crippen LogP contribution in [0.2, 0.25) is 5.02 Å². The van der Waals surface area contributed by atoms with Crippen molar-refractivity contribution >= 4 is 11.6 Å². The SMILES string of the molecule is COc1cc(Cl)cc(CCNC2(C3CNC3)CC2)c1. The molecule has 1 aliphatic carbocycles. The van der Waals surface area contributed by atoms with Gasteiger partial charge in [0.05, 0.1) is 7.11 Å². The van der Waals surface area contributed by atoms with Gasteiger partial charge in [-0.25, -0.2) is 0 Å². The lowest BCUT2D eigenvalue weighted by Crippen LogP contribution is -2.55. The first kappa shape index (κ1) is 13.2. The molecule has 0 spiro atoms. The van der Waals surface area contributed by atoms with Gasteiger partial charge in [0, 0.05) is 29.6 Å². The highest BCUT2D eigenvalue weighted by Gasteiger charge is 2.50. The first-order valence-corrected chi connectivity index (χ1v) is 7.39. The molecular weight excluding hydrogens is 260 g/mol. The Morgan fingerprint density at radius 2 is 2.16 bits per heavy atom. The van der Waals surface area contributed by atoms with E-state index in [4.69, 9.17) is 16.3 Å². The van der Waals surface area contributed by atoms with Gasteiger partial charge in [0.25, 0.3) is 0 Å². The number of ether oxygens (including phenoxy) is 1. The lowest BCUT2D eigenvalue weighted by molar-refractivity contribution is 0.239. The Bertz CT molecular complexity index is 455. The van der Waals surface area contributed by atoms with E-state index in [1.54, 1.807) is 7.11 Å². The lowest BCUT2D eigenvalue weighted by Gasteiger charge is -2.36. The molecule has 0 bridgehead atoms. The second-order valence-corrected chi connectivity index (χ2v) is 6.12. The van der Waals surface area contributed by atoms with Gasteiger partial charge in [-0.2, -0.15) is 0 Å². The maximum Gasteiger partial charge on any atom is 0.120 e. The van der Waals surface area contributed by atoms with Crippen LogP contribution in [0.3, 0.4) is 0 Å². The topological polar surface area (TPSA) is 33.3 Å². The fraction of sp³-hybridized carbons (Fsp3) is 0.600. The Balaban J connectivity index is 1.53. The van der Waals surface area contributed by atoms with Gasteiger partial charge in [-0.05, 0) is 49.6 Å². The van der Waals surface area contributed by atoms with Crippen LogP contribution in [0.1, 0.15) is 18.4 Å². The summed E-state index contributed by atoms with van der Waals surface area (Å²) in [6.45, 7) is 3.37. The molecule has 1 heterocycles. The van der Waals surface area contributed by atoms with Crippen LogP contribution in [0, 0.1) is 5.92 Å². The zero-order chi connectivity index (χ0) is 13.3. The van der Waals surface area contributed by atoms with Crippen LogP contribution in [0.15, 0.2) is 18.2 Å². The van der Waals surface area contributed by atoms with Crippen molar-refractivity contribution in [1.29, 1.82) is 0 Å². The minimum Gasteiger partial charge on any atom is -0.497 e. The molecule has 2 N–H and O–H groups in total. The summed E-state index contributed by atoms with van der Waals surface area (Å²) in [6, 6.07) is 5.94. The van der Waals surface area contributed by atoms with Crippen molar-refractivity contribution in [3.8, 4) is 5.75 Å². The average molecular weight is 281 g/mol. The van der Waals surface area contributed by atoms with Crippen molar-refractivity contribution in [3.05, 3.63) is 28.8 Å². The molecule has 104 valence electrons. The van der Waals surface area contributed by atoms with E-state index in [0.717, 1.165) is 29.7 Å². The fourth-order valence-corrected chi connectivity index (χ4v) is 3.13. The number of rotatable bonds is 6. The molecule has 1 aromatic rings. The van der Waals surface area contributed by atoms with Gasteiger partial charge in [0.2, 0.25) is 0 Å². The zero-order valence-electron chi connectivity index (χ0n) is 11.3. The van der Waals surface area contributed by atoms with Crippen LogP contribution >= 0.6 is 11.6 Å². The van der Waals surface area contributed by atoms with E-state index in [2.05, 4.69) is 16.7 Å². The van der Waals surface area contributed by atoms with Gasteiger partial charge in [-0.3, -0.25) is 0 Å². The van der Waals surface area contributed by atoms with E-state index >= 15 is 0 Å². The minimum absolute atomic E-state index is 0.438. The summed E-state index contributed by atoms with van der Waals surface area (Å²) in [5.74, 6) is 1.67. The quantitative estimate of drug-likeness (QED) is 0.838. The van der Waals surface area contributed by atoms with Gasteiger partial charge < -0.3 is 15.4 Å². The van der Waals surface area contributed by atoms with Crippen molar-refractivity contribution in [1.82, 2.24) is 10.6 Å². The van der Waals surface area contributed by atoms with E-state index < -0.39 is 0 Å². The summed E-state index contributed by atoms with van der Waals surface area (Å²) in [7, 11) is 1.68. The fourth-order valence-electron chi connectivity index (χ4n) is 2.88. The summed E-state index contributed by atoms with van der Waals surface area (Å²) >= 11 is 6.08. The third-order valence-electron chi connectivity index (χ3n) is 4.41. The molecule has 3 rings (SSSR count). The molecule has 0 unspecified atom stereocenters. The monoisotopic (exact) mass is 280 g/mol. The van der Waals surface area contributed by atoms with E-state index in [0.29, 0.717) is 5.54 Å². The number of hydrogen-bond donors (Lipinski definition) is 2. The maximum absolute atomic E-state index is 6.08. The highest BCUT2D eigenvalue weighted by Crippen LogP contribution is 2.43. The zero-order valence-corrected chi connectivity index (χ0v) is 12.1. The number of methoxy groups -OCH3 is 1. The van der Waals surface area contributed by atoms with Crippen LogP contribution in [0.4, 0.5) is 0 Å². The van der Waals surface area contributed by atoms with E-state index in [9.17, 15) is 0 Å². The summed E-state index contributed by atoms with van der Waals surface area (Å²) < 4.78 is 5.25. The normalized spacial score (nSPS) is 20.9. The molecule has 0 aromatic heterocycles. The minimum atomic E-state index is 0.438. The predicted molar refractivity (Wildman–Crippen MR) is 78.0 cm³/mol. The summed E-state index contributed by atoms with van der Waals surface area (Å²) in [4.78, 5) is 0. The molecule has 0 atom stereocenters. The van der Waals surface area contributed by atoms with Crippen LogP contribution in [0.5, 0.6) is 5.75 Å². The Morgan fingerprint density at radius 1 is 1.37 bits per heavy atom. The molecule has 19 heavy (non-hydrogen) atoms. The third kappa shape index (κ3) is 2.88. The Labute approximate surface area is 119 Å². The standard InChI is InChI=1S/C15H21ClN2O/c1-19-14-7-11(6-13(16)8-14)2-5-18-15(3-4-15)12-9-17-10-12/h6-8,12,17-18H,2-5,9-10H2,1H3. The summed E-state index contributed by atoms with van der Waals surface area (Å²) in [5, 5.41) is 7.87. The number of hydrogen-bond acceptors (Lipinski definition) is 3. The maximum atomic E-state index is 6.08. The molecule has 1 saturated carbocycles. The molecule has 1 aromatic carbocycles. The first-order chi connectivity index (χ1) is 9.22. The van der Waals surface area contributed by atoms with Gasteiger partial charge in [0.15, 0.2) is 0 Å². The van der Waals surface area contributed by atoms with Gasteiger partial charge in [0.1, 0.15) is 5.75 Å². The predicted octanol–water partition coefficient (Wildman–Crippen LogP) is 2.23. The largest absolute Gasteiger partial charge is 0.497 e. The molecule has 4 heteroatoms. The molecule has 3 nitrogen and oxygen atoms in total. The average Bonchev–Trinajstić information content (AvgIpc) is 3.06. The molecule has 0 amide bonds. The number of benzene rings is 1. The third-order valence-corrected chi connectivity index (χ3v) is 4.63. The van der Waals surface area contributed by atoms with Crippen molar-refractivity contribution in [3.63, 3.8) is 0 Å². The van der Waals surface area contributed by atoms with Crippen molar-refractivity contribution in [2.24, 2.45) is 5.92 Å².